The van der Waals surface area contributed by atoms with Crippen molar-refractivity contribution in [2.75, 3.05) is 0 Å². The maximum atomic E-state index is 0. The smallest absolute Gasteiger partial charge is 1.00 e. The van der Waals surface area contributed by atoms with Crippen LogP contribution in [0.5, 0.6) is 0 Å². The second kappa shape index (κ2) is 52.9. The molecule has 0 atom stereocenters. The van der Waals surface area contributed by atoms with Crippen molar-refractivity contribution >= 4 is 110 Å². The first-order chi connectivity index (χ1) is 0. The maximum absolute atomic E-state index is 0. The summed E-state index contributed by atoms with van der Waals surface area (Å²) in [5.41, 5.74) is 0. The summed E-state index contributed by atoms with van der Waals surface area (Å²) in [5, 5.41) is 0. The summed E-state index contributed by atoms with van der Waals surface area (Å²) < 4.78 is 0. The number of hydrogen-bond acceptors (Lipinski definition) is 0. The molecular weight excluding hydrogens is 268 g/mol. The van der Waals surface area contributed by atoms with E-state index in [-0.39, 0.29) is 200 Å². The van der Waals surface area contributed by atoms with E-state index in [9.17, 15) is 0 Å². The molecular formula is H10CaCl4KMgNa. The Morgan fingerprint density at radius 1 is 0.750 bits per heavy atom. The van der Waals surface area contributed by atoms with Gasteiger partial charge >= 0.3 is 142 Å². The average Bonchev–Trinajstić information content (AvgIpc) is 0. The van der Waals surface area contributed by atoms with Gasteiger partial charge in [-0.3, -0.25) is 0 Å². The van der Waals surface area contributed by atoms with Gasteiger partial charge in [-0.15, -0.1) is 49.6 Å². The van der Waals surface area contributed by atoms with Crippen LogP contribution in [0.25, 0.3) is 0 Å². The van der Waals surface area contributed by atoms with Crippen LogP contribution in [-0.2, 0) is 0 Å². The van der Waals surface area contributed by atoms with Crippen molar-refractivity contribution in [2.24, 2.45) is 0 Å². The SMILES string of the molecule is Cl.Cl.Cl.Cl.[Ca+2].[H-].[H-].[H-].[H-].[H-].[H-].[K+].[Mg+2].[Na+]. The fraction of sp³-hybridized carbons (Fsp3) is 0. The van der Waals surface area contributed by atoms with Gasteiger partial charge in [-0.1, -0.05) is 0 Å². The monoisotopic (exact) mass is 276 g/mol. The maximum Gasteiger partial charge on any atom is 2.00 e. The molecule has 0 aromatic rings. The number of hydrogen-bond donors (Lipinski definition) is 0. The molecule has 0 aromatic heterocycles. The van der Waals surface area contributed by atoms with Crippen LogP contribution in [0.15, 0.2) is 0 Å². The second-order valence-corrected chi connectivity index (χ2v) is 0. The van der Waals surface area contributed by atoms with E-state index in [0.717, 1.165) is 0 Å². The van der Waals surface area contributed by atoms with E-state index < -0.39 is 0 Å². The summed E-state index contributed by atoms with van der Waals surface area (Å²) in [7, 11) is 0. The predicted molar refractivity (Wildman–Crippen MR) is 47.2 cm³/mol. The van der Waals surface area contributed by atoms with Gasteiger partial charge in [-0.05, 0) is 0 Å². The van der Waals surface area contributed by atoms with Crippen molar-refractivity contribution in [2.45, 2.75) is 0 Å². The molecule has 0 aliphatic rings. The summed E-state index contributed by atoms with van der Waals surface area (Å²) >= 11 is 0. The Balaban J connectivity index is 0. The fourth-order valence-electron chi connectivity index (χ4n) is 0. The first-order valence-corrected chi connectivity index (χ1v) is 0. The van der Waals surface area contributed by atoms with E-state index >= 15 is 0 Å². The third kappa shape index (κ3) is 40.8. The second-order valence-electron chi connectivity index (χ2n) is 0. The van der Waals surface area contributed by atoms with Crippen molar-refractivity contribution in [1.82, 2.24) is 0 Å². The molecule has 0 saturated heterocycles. The Morgan fingerprint density at radius 2 is 0.750 bits per heavy atom. The Kier molecular flexibility index (Phi) is 443. The molecule has 0 heterocycles. The Morgan fingerprint density at radius 3 is 0.750 bits per heavy atom. The standard InChI is InChI=1S/Ca.4ClH.K.Mg.Na.6H/h;4*1H;;;;;;;;;/q+2;;;;;+1;+2;+1;6*-1. The van der Waals surface area contributed by atoms with Crippen LogP contribution in [0.4, 0.5) is 0 Å². The van der Waals surface area contributed by atoms with Crippen LogP contribution in [0, 0.1) is 0 Å². The van der Waals surface area contributed by atoms with E-state index in [2.05, 4.69) is 0 Å². The third-order valence-electron chi connectivity index (χ3n) is 0. The zero-order valence-corrected chi connectivity index (χ0v) is 17.1. The third-order valence-corrected chi connectivity index (χ3v) is 0. The minimum Gasteiger partial charge on any atom is -1.00 e. The number of rotatable bonds is 0. The Bertz CT molecular complexity index is 29.8. The summed E-state index contributed by atoms with van der Waals surface area (Å²) in [4.78, 5) is 0. The van der Waals surface area contributed by atoms with Gasteiger partial charge in [0.1, 0.15) is 0 Å². The van der Waals surface area contributed by atoms with Gasteiger partial charge in [0.25, 0.3) is 0 Å². The van der Waals surface area contributed by atoms with Crippen LogP contribution in [0.2, 0.25) is 0 Å². The first-order valence-electron chi connectivity index (χ1n) is 0. The topological polar surface area (TPSA) is 0 Å². The van der Waals surface area contributed by atoms with Gasteiger partial charge in [0.05, 0.1) is 0 Å². The molecule has 0 aromatic carbocycles. The summed E-state index contributed by atoms with van der Waals surface area (Å²) in [6.07, 6.45) is 0. The summed E-state index contributed by atoms with van der Waals surface area (Å²) in [6.45, 7) is 0. The molecule has 0 saturated carbocycles. The first kappa shape index (κ1) is 67.0. The molecule has 0 aliphatic carbocycles. The van der Waals surface area contributed by atoms with E-state index in [0.29, 0.717) is 0 Å². The Hall–Kier alpha value is 5.82. The van der Waals surface area contributed by atoms with Gasteiger partial charge < -0.3 is 8.56 Å². The van der Waals surface area contributed by atoms with Crippen LogP contribution < -0.4 is 80.9 Å². The molecule has 0 spiro atoms. The average molecular weight is 278 g/mol. The van der Waals surface area contributed by atoms with Gasteiger partial charge in [0.15, 0.2) is 0 Å². The van der Waals surface area contributed by atoms with Gasteiger partial charge in [-0.2, -0.15) is 0 Å². The largest absolute Gasteiger partial charge is 2.00 e. The zero-order valence-electron chi connectivity index (χ0n) is 11.0. The minimum absolute atomic E-state index is 0. The minimum atomic E-state index is 0. The van der Waals surface area contributed by atoms with Crippen molar-refractivity contribution in [3.63, 3.8) is 0 Å². The van der Waals surface area contributed by atoms with E-state index in [4.69, 9.17) is 0 Å². The quantitative estimate of drug-likeness (QED) is 0.393. The molecule has 44 valence electrons. The van der Waals surface area contributed by atoms with Gasteiger partial charge in [0, 0.05) is 0 Å². The molecule has 0 bridgehead atoms. The molecule has 8 heteroatoms. The normalized spacial score (nSPS) is 0. The van der Waals surface area contributed by atoms with Crippen LogP contribution >= 0.6 is 49.6 Å². The van der Waals surface area contributed by atoms with Crippen LogP contribution in [-0.4, -0.2) is 60.8 Å². The number of halogens is 4. The molecule has 0 N–H and O–H groups in total. The Labute approximate surface area is 195 Å². The zero-order chi connectivity index (χ0) is 0. The van der Waals surface area contributed by atoms with Crippen molar-refractivity contribution in [3.8, 4) is 0 Å². The van der Waals surface area contributed by atoms with E-state index in [1.165, 1.54) is 0 Å². The van der Waals surface area contributed by atoms with Crippen LogP contribution in [0.3, 0.4) is 0 Å². The molecule has 8 heavy (non-hydrogen) atoms. The predicted octanol–water partition coefficient (Wildman–Crippen LogP) is -4.39. The summed E-state index contributed by atoms with van der Waals surface area (Å²) in [5.74, 6) is 0. The van der Waals surface area contributed by atoms with Crippen molar-refractivity contribution < 1.29 is 89.5 Å². The molecule has 0 aliphatic heterocycles. The van der Waals surface area contributed by atoms with Crippen molar-refractivity contribution in [3.05, 3.63) is 0 Å². The fourth-order valence-corrected chi connectivity index (χ4v) is 0. The van der Waals surface area contributed by atoms with Crippen LogP contribution in [0.1, 0.15) is 8.56 Å². The van der Waals surface area contributed by atoms with Crippen molar-refractivity contribution in [1.29, 1.82) is 0 Å². The van der Waals surface area contributed by atoms with Gasteiger partial charge in [-0.25, -0.2) is 0 Å². The summed E-state index contributed by atoms with van der Waals surface area (Å²) in [6, 6.07) is 0. The van der Waals surface area contributed by atoms with E-state index in [1.807, 2.05) is 0 Å². The molecule has 0 amide bonds. The molecule has 0 nitrogen and oxygen atoms in total. The molecule has 0 fully saturated rings. The molecule has 0 unspecified atom stereocenters. The molecule has 0 radical (unpaired) electrons. The van der Waals surface area contributed by atoms with Gasteiger partial charge in [0.2, 0.25) is 0 Å². The molecule has 0 rings (SSSR count). The van der Waals surface area contributed by atoms with E-state index in [1.54, 1.807) is 0 Å².